The van der Waals surface area contributed by atoms with Crippen molar-refractivity contribution in [3.8, 4) is 5.75 Å². The summed E-state index contributed by atoms with van der Waals surface area (Å²) in [5.41, 5.74) is 1.17. The number of rotatable bonds is 2. The molecule has 0 aliphatic carbocycles. The zero-order chi connectivity index (χ0) is 12.4. The molecule has 2 heterocycles. The van der Waals surface area contributed by atoms with Crippen LogP contribution in [-0.4, -0.2) is 25.1 Å². The normalized spacial score (nSPS) is 27.0. The predicted molar refractivity (Wildman–Crippen MR) is 68.5 cm³/mol. The Balaban J connectivity index is 1.75. The number of amides is 1. The number of carbonyl (C=O) groups is 1. The fourth-order valence-corrected chi connectivity index (χ4v) is 2.69. The lowest BCUT2D eigenvalue weighted by atomic mass is 9.97. The maximum atomic E-state index is 11.8. The van der Waals surface area contributed by atoms with Crippen molar-refractivity contribution in [1.82, 2.24) is 10.6 Å². The van der Waals surface area contributed by atoms with Crippen LogP contribution in [0.25, 0.3) is 0 Å². The summed E-state index contributed by atoms with van der Waals surface area (Å²) in [6, 6.07) is 8.23. The standard InChI is InChI=1S/C14H18N2O2/c17-14-12(5-3-8-15-14)16-11-7-9-18-13-6-2-1-4-10(11)13/h1-2,4,6,11-12,16H,3,5,7-9H2,(H,15,17). The molecule has 2 aliphatic heterocycles. The topological polar surface area (TPSA) is 50.4 Å². The number of nitrogens with one attached hydrogen (secondary N) is 2. The Hall–Kier alpha value is -1.55. The molecule has 0 bridgehead atoms. The molecular weight excluding hydrogens is 228 g/mol. The fourth-order valence-electron chi connectivity index (χ4n) is 2.69. The zero-order valence-corrected chi connectivity index (χ0v) is 10.3. The third kappa shape index (κ3) is 2.20. The van der Waals surface area contributed by atoms with Gasteiger partial charge in [0.2, 0.25) is 5.91 Å². The van der Waals surface area contributed by atoms with Gasteiger partial charge in [-0.3, -0.25) is 10.1 Å². The number of fused-ring (bicyclic) bond motifs is 1. The molecule has 1 saturated heterocycles. The molecular formula is C14H18N2O2. The Morgan fingerprint density at radius 1 is 1.22 bits per heavy atom. The summed E-state index contributed by atoms with van der Waals surface area (Å²) in [7, 11) is 0. The van der Waals surface area contributed by atoms with Gasteiger partial charge < -0.3 is 10.1 Å². The molecule has 1 aromatic rings. The van der Waals surface area contributed by atoms with Crippen LogP contribution in [0, 0.1) is 0 Å². The molecule has 4 heteroatoms. The summed E-state index contributed by atoms with van der Waals surface area (Å²) in [6.45, 7) is 1.52. The molecule has 0 aromatic heterocycles. The van der Waals surface area contributed by atoms with E-state index in [4.69, 9.17) is 4.74 Å². The molecule has 1 aromatic carbocycles. The van der Waals surface area contributed by atoms with E-state index in [-0.39, 0.29) is 18.0 Å². The Morgan fingerprint density at radius 2 is 2.11 bits per heavy atom. The predicted octanol–water partition coefficient (Wildman–Crippen LogP) is 1.38. The average Bonchev–Trinajstić information content (AvgIpc) is 2.42. The molecule has 4 nitrogen and oxygen atoms in total. The van der Waals surface area contributed by atoms with E-state index in [1.54, 1.807) is 0 Å². The number of carbonyl (C=O) groups excluding carboxylic acids is 1. The molecule has 2 atom stereocenters. The van der Waals surface area contributed by atoms with Crippen LogP contribution in [-0.2, 0) is 4.79 Å². The lowest BCUT2D eigenvalue weighted by Crippen LogP contribution is -2.49. The van der Waals surface area contributed by atoms with Crippen molar-refractivity contribution in [2.45, 2.75) is 31.3 Å². The highest BCUT2D eigenvalue weighted by molar-refractivity contribution is 5.82. The second kappa shape index (κ2) is 4.98. The zero-order valence-electron chi connectivity index (χ0n) is 10.3. The number of hydrogen-bond acceptors (Lipinski definition) is 3. The van der Waals surface area contributed by atoms with Gasteiger partial charge >= 0.3 is 0 Å². The molecule has 3 rings (SSSR count). The van der Waals surface area contributed by atoms with E-state index in [9.17, 15) is 4.79 Å². The molecule has 1 amide bonds. The summed E-state index contributed by atoms with van der Waals surface area (Å²) in [6.07, 6.45) is 2.89. The smallest absolute Gasteiger partial charge is 0.237 e. The number of piperidine rings is 1. The molecule has 96 valence electrons. The van der Waals surface area contributed by atoms with E-state index < -0.39 is 0 Å². The monoisotopic (exact) mass is 246 g/mol. The van der Waals surface area contributed by atoms with Gasteiger partial charge in [0.05, 0.1) is 12.6 Å². The van der Waals surface area contributed by atoms with E-state index in [0.29, 0.717) is 6.61 Å². The van der Waals surface area contributed by atoms with Crippen molar-refractivity contribution in [3.05, 3.63) is 29.8 Å². The van der Waals surface area contributed by atoms with E-state index in [2.05, 4.69) is 16.7 Å². The quantitative estimate of drug-likeness (QED) is 0.829. The summed E-state index contributed by atoms with van der Waals surface area (Å²) in [4.78, 5) is 11.8. The van der Waals surface area contributed by atoms with Crippen LogP contribution in [0.5, 0.6) is 5.75 Å². The first-order valence-electron chi connectivity index (χ1n) is 6.60. The SMILES string of the molecule is O=C1NCCCC1NC1CCOc2ccccc21. The number of hydrogen-bond donors (Lipinski definition) is 2. The summed E-state index contributed by atoms with van der Waals surface area (Å²) < 4.78 is 5.63. The highest BCUT2D eigenvalue weighted by atomic mass is 16.5. The highest BCUT2D eigenvalue weighted by Crippen LogP contribution is 2.32. The van der Waals surface area contributed by atoms with Gasteiger partial charge in [-0.05, 0) is 18.9 Å². The van der Waals surface area contributed by atoms with Crippen molar-refractivity contribution in [2.24, 2.45) is 0 Å². The Bertz CT molecular complexity index is 447. The van der Waals surface area contributed by atoms with Crippen LogP contribution in [0.4, 0.5) is 0 Å². The van der Waals surface area contributed by atoms with E-state index in [1.807, 2.05) is 18.2 Å². The summed E-state index contributed by atoms with van der Waals surface area (Å²) >= 11 is 0. The van der Waals surface area contributed by atoms with Crippen molar-refractivity contribution in [2.75, 3.05) is 13.2 Å². The van der Waals surface area contributed by atoms with Crippen LogP contribution in [0.1, 0.15) is 30.9 Å². The van der Waals surface area contributed by atoms with Crippen LogP contribution in [0.15, 0.2) is 24.3 Å². The van der Waals surface area contributed by atoms with Crippen molar-refractivity contribution >= 4 is 5.91 Å². The van der Waals surface area contributed by atoms with Crippen LogP contribution in [0.3, 0.4) is 0 Å². The fraction of sp³-hybridized carbons (Fsp3) is 0.500. The minimum atomic E-state index is -0.0603. The van der Waals surface area contributed by atoms with Crippen LogP contribution in [0.2, 0.25) is 0 Å². The van der Waals surface area contributed by atoms with Crippen molar-refractivity contribution in [3.63, 3.8) is 0 Å². The summed E-state index contributed by atoms with van der Waals surface area (Å²) in [5.74, 6) is 1.07. The maximum absolute atomic E-state index is 11.8. The third-order valence-corrected chi connectivity index (χ3v) is 3.65. The molecule has 2 aliphatic rings. The third-order valence-electron chi connectivity index (χ3n) is 3.65. The van der Waals surface area contributed by atoms with Gasteiger partial charge in [0.25, 0.3) is 0 Å². The molecule has 1 fully saturated rings. The van der Waals surface area contributed by atoms with Gasteiger partial charge in [0.1, 0.15) is 5.75 Å². The number of para-hydroxylation sites is 1. The van der Waals surface area contributed by atoms with Gasteiger partial charge in [0.15, 0.2) is 0 Å². The van der Waals surface area contributed by atoms with Gasteiger partial charge in [-0.15, -0.1) is 0 Å². The Labute approximate surface area is 107 Å². The van der Waals surface area contributed by atoms with Gasteiger partial charge in [0, 0.05) is 24.6 Å². The molecule has 0 spiro atoms. The lowest BCUT2D eigenvalue weighted by Gasteiger charge is -2.31. The average molecular weight is 246 g/mol. The molecule has 18 heavy (non-hydrogen) atoms. The van der Waals surface area contributed by atoms with E-state index in [1.165, 1.54) is 5.56 Å². The van der Waals surface area contributed by atoms with E-state index >= 15 is 0 Å². The largest absolute Gasteiger partial charge is 0.493 e. The lowest BCUT2D eigenvalue weighted by molar-refractivity contribution is -0.124. The second-order valence-electron chi connectivity index (χ2n) is 4.88. The van der Waals surface area contributed by atoms with Crippen LogP contribution < -0.4 is 15.4 Å². The van der Waals surface area contributed by atoms with Gasteiger partial charge in [-0.25, -0.2) is 0 Å². The van der Waals surface area contributed by atoms with Crippen molar-refractivity contribution < 1.29 is 9.53 Å². The Morgan fingerprint density at radius 3 is 3.00 bits per heavy atom. The molecule has 0 radical (unpaired) electrons. The van der Waals surface area contributed by atoms with Crippen molar-refractivity contribution in [1.29, 1.82) is 0 Å². The Kier molecular flexibility index (Phi) is 3.19. The highest BCUT2D eigenvalue weighted by Gasteiger charge is 2.28. The van der Waals surface area contributed by atoms with E-state index in [0.717, 1.165) is 31.6 Å². The maximum Gasteiger partial charge on any atom is 0.237 e. The number of benzene rings is 1. The number of ether oxygens (including phenoxy) is 1. The minimum absolute atomic E-state index is 0.0603. The van der Waals surface area contributed by atoms with Gasteiger partial charge in [-0.2, -0.15) is 0 Å². The molecule has 2 N–H and O–H groups in total. The van der Waals surface area contributed by atoms with Crippen LogP contribution >= 0.6 is 0 Å². The second-order valence-corrected chi connectivity index (χ2v) is 4.88. The minimum Gasteiger partial charge on any atom is -0.493 e. The first-order valence-corrected chi connectivity index (χ1v) is 6.60. The first-order chi connectivity index (χ1) is 8.84. The molecule has 0 saturated carbocycles. The first kappa shape index (κ1) is 11.5. The summed E-state index contributed by atoms with van der Waals surface area (Å²) in [5, 5.41) is 6.38. The molecule has 2 unspecified atom stereocenters. The van der Waals surface area contributed by atoms with Gasteiger partial charge in [-0.1, -0.05) is 18.2 Å².